The minimum absolute atomic E-state index is 0.234. The normalized spacial score (nSPS) is 11.2. The molecule has 1 amide bonds. The first-order valence-corrected chi connectivity index (χ1v) is 6.56. The van der Waals surface area contributed by atoms with E-state index >= 15 is 0 Å². The molecule has 0 aliphatic heterocycles. The van der Waals surface area contributed by atoms with Crippen molar-refractivity contribution < 1.29 is 22.4 Å². The molecule has 2 N–H and O–H groups in total. The molecule has 1 heterocycles. The van der Waals surface area contributed by atoms with Crippen molar-refractivity contribution in [3.8, 4) is 0 Å². The smallest absolute Gasteiger partial charge is 0.265 e. The summed E-state index contributed by atoms with van der Waals surface area (Å²) in [4.78, 5) is 11.2. The van der Waals surface area contributed by atoms with Crippen LogP contribution in [0.4, 0.5) is 0 Å². The van der Waals surface area contributed by atoms with Crippen LogP contribution in [-0.4, -0.2) is 36.8 Å². The molecule has 1 aromatic rings. The molecule has 0 bridgehead atoms. The third kappa shape index (κ3) is 4.87. The van der Waals surface area contributed by atoms with E-state index < -0.39 is 10.1 Å². The second-order valence-corrected chi connectivity index (χ2v) is 4.97. The molecule has 0 unspecified atom stereocenters. The van der Waals surface area contributed by atoms with E-state index in [1.165, 1.54) is 17.9 Å². The fourth-order valence-electron chi connectivity index (χ4n) is 1.20. The first kappa shape index (κ1) is 13.5. The van der Waals surface area contributed by atoms with E-state index in [2.05, 4.69) is 10.4 Å². The average molecular weight is 260 g/mol. The number of aryl methyl sites for hydroxylation is 1. The van der Waals surface area contributed by atoms with Crippen molar-refractivity contribution in [1.82, 2.24) is 10.4 Å². The predicted molar refractivity (Wildman–Crippen MR) is 58.9 cm³/mol. The Balaban J connectivity index is 2.54. The number of nitrogens with zero attached hydrogens (tertiary/aromatic N) is 2. The van der Waals surface area contributed by atoms with Gasteiger partial charge in [-0.3, -0.25) is 9.35 Å². The quantitative estimate of drug-likeness (QED) is 0.523. The van der Waals surface area contributed by atoms with E-state index in [4.69, 9.17) is 4.55 Å². The number of amides is 1. The summed E-state index contributed by atoms with van der Waals surface area (Å²) < 4.78 is 31.0. The van der Waals surface area contributed by atoms with Crippen LogP contribution in [0.5, 0.6) is 0 Å². The fraction of sp³-hybridized carbons (Fsp3) is 0.444. The van der Waals surface area contributed by atoms with Crippen LogP contribution in [0.1, 0.15) is 16.8 Å². The molecule has 17 heavy (non-hydrogen) atoms. The Hall–Kier alpha value is -1.54. The Labute approximate surface area is 99.2 Å². The van der Waals surface area contributed by atoms with E-state index in [1.807, 2.05) is 0 Å². The molecule has 94 valence electrons. The van der Waals surface area contributed by atoms with Gasteiger partial charge in [-0.1, -0.05) is 4.68 Å². The number of rotatable bonds is 5. The van der Waals surface area contributed by atoms with Gasteiger partial charge in [-0.25, -0.2) is 0 Å². The maximum Gasteiger partial charge on any atom is 0.265 e. The summed E-state index contributed by atoms with van der Waals surface area (Å²) in [5.74, 6) is -0.540. The Bertz CT molecular complexity index is 483. The van der Waals surface area contributed by atoms with Gasteiger partial charge in [0.15, 0.2) is 12.7 Å². The van der Waals surface area contributed by atoms with Gasteiger partial charge in [0.25, 0.3) is 16.0 Å². The summed E-state index contributed by atoms with van der Waals surface area (Å²) in [6.45, 7) is 0.355. The first-order chi connectivity index (χ1) is 7.92. The lowest BCUT2D eigenvalue weighted by molar-refractivity contribution is -0.753. The average Bonchev–Trinajstić information content (AvgIpc) is 2.27. The lowest BCUT2D eigenvalue weighted by Crippen LogP contribution is -2.38. The van der Waals surface area contributed by atoms with Crippen molar-refractivity contribution >= 4 is 16.0 Å². The monoisotopic (exact) mass is 260 g/mol. The lowest BCUT2D eigenvalue weighted by Gasteiger charge is -1.97. The molecule has 0 aliphatic rings. The molecule has 0 fully saturated rings. The number of aromatic nitrogens is 2. The van der Waals surface area contributed by atoms with Crippen molar-refractivity contribution in [2.24, 2.45) is 0 Å². The topological polar surface area (TPSA) is 100 Å². The molecule has 0 spiro atoms. The van der Waals surface area contributed by atoms with Crippen LogP contribution in [-0.2, 0) is 16.7 Å². The number of nitrogens with one attached hydrogen (secondary N) is 1. The summed E-state index contributed by atoms with van der Waals surface area (Å²) in [5, 5.41) is 6.41. The third-order valence-corrected chi connectivity index (χ3v) is 2.85. The molecule has 8 heteroatoms. The number of carbonyl (C=O) groups excluding carboxylic acids is 1. The van der Waals surface area contributed by atoms with Crippen LogP contribution in [0.25, 0.3) is 0 Å². The van der Waals surface area contributed by atoms with E-state index in [0.717, 1.165) is 0 Å². The second kappa shape index (κ2) is 5.69. The van der Waals surface area contributed by atoms with Gasteiger partial charge in [0, 0.05) is 19.5 Å². The minimum Gasteiger partial charge on any atom is -0.355 e. The summed E-state index contributed by atoms with van der Waals surface area (Å²) >= 11 is 0. The van der Waals surface area contributed by atoms with Crippen molar-refractivity contribution in [3.63, 3.8) is 0 Å². The molecule has 7 nitrogen and oxygen atoms in total. The Morgan fingerprint density at radius 2 is 2.29 bits per heavy atom. The van der Waals surface area contributed by atoms with E-state index in [9.17, 15) is 13.2 Å². The molecular weight excluding hydrogens is 246 g/mol. The number of carbonyl (C=O) groups is 1. The van der Waals surface area contributed by atoms with Gasteiger partial charge >= 0.3 is 0 Å². The molecule has 0 saturated heterocycles. The fourth-order valence-corrected chi connectivity index (χ4v) is 1.70. The highest BCUT2D eigenvalue weighted by Gasteiger charge is 2.10. The molecule has 0 radical (unpaired) electrons. The van der Waals surface area contributed by atoms with Gasteiger partial charge in [-0.2, -0.15) is 8.42 Å². The minimum atomic E-state index is -3.93. The van der Waals surface area contributed by atoms with E-state index in [1.54, 1.807) is 12.3 Å². The van der Waals surface area contributed by atoms with Crippen LogP contribution in [0.2, 0.25) is 0 Å². The SMILES string of the molecule is CNC(=O)c1cc[n+](CCCS(=O)(=O)O)nc1. The van der Waals surface area contributed by atoms with Gasteiger partial charge in [-0.05, 0) is 5.10 Å². The Morgan fingerprint density at radius 3 is 2.76 bits per heavy atom. The zero-order chi connectivity index (χ0) is 12.9. The molecule has 1 rings (SSSR count). The van der Waals surface area contributed by atoms with E-state index in [-0.39, 0.29) is 18.1 Å². The Kier molecular flexibility index (Phi) is 4.53. The van der Waals surface area contributed by atoms with Crippen LogP contribution in [0.15, 0.2) is 18.5 Å². The highest BCUT2D eigenvalue weighted by Crippen LogP contribution is 1.93. The number of hydrogen-bond acceptors (Lipinski definition) is 4. The molecule has 0 aromatic carbocycles. The van der Waals surface area contributed by atoms with Gasteiger partial charge in [0.2, 0.25) is 0 Å². The highest BCUT2D eigenvalue weighted by atomic mass is 32.2. The van der Waals surface area contributed by atoms with Crippen molar-refractivity contribution in [1.29, 1.82) is 0 Å². The van der Waals surface area contributed by atoms with Crippen molar-refractivity contribution in [2.75, 3.05) is 12.8 Å². The third-order valence-electron chi connectivity index (χ3n) is 2.05. The van der Waals surface area contributed by atoms with Gasteiger partial charge in [0.05, 0.1) is 11.3 Å². The first-order valence-electron chi connectivity index (χ1n) is 4.95. The standard InChI is InChI=1S/C9H13N3O4S/c1-10-9(13)8-3-5-12(11-7-8)4-2-6-17(14,15)16/h3,5,7H,2,4,6H2,1H3,(H-,10,13,14,15,16)/p+1. The van der Waals surface area contributed by atoms with Gasteiger partial charge in [0.1, 0.15) is 6.20 Å². The molecule has 0 atom stereocenters. The van der Waals surface area contributed by atoms with Gasteiger partial charge < -0.3 is 5.32 Å². The zero-order valence-electron chi connectivity index (χ0n) is 9.33. The maximum atomic E-state index is 11.2. The maximum absolute atomic E-state index is 11.2. The zero-order valence-corrected chi connectivity index (χ0v) is 10.1. The second-order valence-electron chi connectivity index (χ2n) is 3.40. The largest absolute Gasteiger partial charge is 0.355 e. The molecule has 0 saturated carbocycles. The van der Waals surface area contributed by atoms with Crippen molar-refractivity contribution in [3.05, 3.63) is 24.0 Å². The summed E-state index contributed by atoms with van der Waals surface area (Å²) in [7, 11) is -2.40. The van der Waals surface area contributed by atoms with Crippen LogP contribution in [0, 0.1) is 0 Å². The van der Waals surface area contributed by atoms with Crippen molar-refractivity contribution in [2.45, 2.75) is 13.0 Å². The Morgan fingerprint density at radius 1 is 1.59 bits per heavy atom. The molecular formula is C9H14N3O4S+. The van der Waals surface area contributed by atoms with Crippen LogP contribution >= 0.6 is 0 Å². The molecule has 1 aromatic heterocycles. The van der Waals surface area contributed by atoms with Gasteiger partial charge in [-0.15, -0.1) is 0 Å². The lowest BCUT2D eigenvalue weighted by atomic mass is 10.3. The number of hydrogen-bond donors (Lipinski definition) is 2. The highest BCUT2D eigenvalue weighted by molar-refractivity contribution is 7.85. The van der Waals surface area contributed by atoms with Crippen LogP contribution in [0.3, 0.4) is 0 Å². The summed E-state index contributed by atoms with van der Waals surface area (Å²) in [5.41, 5.74) is 0.429. The van der Waals surface area contributed by atoms with Crippen LogP contribution < -0.4 is 10.00 Å². The summed E-state index contributed by atoms with van der Waals surface area (Å²) in [6, 6.07) is 1.58. The predicted octanol–water partition coefficient (Wildman–Crippen LogP) is -0.993. The molecule has 0 aliphatic carbocycles. The summed E-state index contributed by atoms with van der Waals surface area (Å²) in [6.07, 6.45) is 3.23. The van der Waals surface area contributed by atoms with E-state index in [0.29, 0.717) is 12.1 Å².